The lowest BCUT2D eigenvalue weighted by Gasteiger charge is -2.26. The quantitative estimate of drug-likeness (QED) is 0.736. The van der Waals surface area contributed by atoms with Gasteiger partial charge in [0, 0.05) is 13.2 Å². The van der Waals surface area contributed by atoms with Crippen molar-refractivity contribution in [1.29, 1.82) is 0 Å². The molecule has 1 aliphatic heterocycles. The predicted octanol–water partition coefficient (Wildman–Crippen LogP) is 2.48. The number of rotatable bonds is 7. The van der Waals surface area contributed by atoms with Gasteiger partial charge in [-0.3, -0.25) is 4.79 Å². The van der Waals surface area contributed by atoms with Gasteiger partial charge >= 0.3 is 0 Å². The fourth-order valence-electron chi connectivity index (χ4n) is 2.70. The molecule has 0 aliphatic carbocycles. The lowest BCUT2D eigenvalue weighted by molar-refractivity contribution is -0.124. The van der Waals surface area contributed by atoms with E-state index in [1.807, 2.05) is 12.1 Å². The SMILES string of the molecule is CC(C)c1ccc(OCCNC(=O)C(N)C2CCOCC2)cc1.Cl. The Morgan fingerprint density at radius 1 is 1.29 bits per heavy atom. The van der Waals surface area contributed by atoms with Crippen molar-refractivity contribution < 1.29 is 14.3 Å². The van der Waals surface area contributed by atoms with Crippen LogP contribution in [0.3, 0.4) is 0 Å². The van der Waals surface area contributed by atoms with Crippen LogP contribution >= 0.6 is 12.4 Å². The van der Waals surface area contributed by atoms with E-state index in [1.165, 1.54) is 5.56 Å². The lowest BCUT2D eigenvalue weighted by atomic mass is 9.92. The second-order valence-electron chi connectivity index (χ2n) is 6.34. The second kappa shape index (κ2) is 10.5. The molecule has 1 aromatic carbocycles. The topological polar surface area (TPSA) is 73.6 Å². The molecule has 1 atom stereocenters. The molecule has 5 nitrogen and oxygen atoms in total. The average Bonchev–Trinajstić information content (AvgIpc) is 2.59. The number of carbonyl (C=O) groups is 1. The Morgan fingerprint density at radius 3 is 2.50 bits per heavy atom. The summed E-state index contributed by atoms with van der Waals surface area (Å²) in [6.07, 6.45) is 1.71. The zero-order chi connectivity index (χ0) is 16.7. The number of ether oxygens (including phenoxy) is 2. The molecule has 1 heterocycles. The molecule has 1 amide bonds. The normalized spacial score (nSPS) is 16.3. The highest BCUT2D eigenvalue weighted by molar-refractivity contribution is 5.85. The number of hydrogen-bond donors (Lipinski definition) is 2. The van der Waals surface area contributed by atoms with Crippen LogP contribution in [-0.4, -0.2) is 38.3 Å². The van der Waals surface area contributed by atoms with Crippen molar-refractivity contribution in [3.05, 3.63) is 29.8 Å². The van der Waals surface area contributed by atoms with Gasteiger partial charge in [0.05, 0.1) is 12.6 Å². The Hall–Kier alpha value is -1.30. The molecule has 0 saturated carbocycles. The summed E-state index contributed by atoms with van der Waals surface area (Å²) in [5, 5.41) is 2.85. The smallest absolute Gasteiger partial charge is 0.237 e. The van der Waals surface area contributed by atoms with Crippen LogP contribution in [0.1, 0.15) is 38.2 Å². The summed E-state index contributed by atoms with van der Waals surface area (Å²) < 4.78 is 10.9. The lowest BCUT2D eigenvalue weighted by Crippen LogP contribution is -2.47. The highest BCUT2D eigenvalue weighted by Crippen LogP contribution is 2.19. The molecule has 24 heavy (non-hydrogen) atoms. The fraction of sp³-hybridized carbons (Fsp3) is 0.611. The van der Waals surface area contributed by atoms with E-state index in [2.05, 4.69) is 31.3 Å². The van der Waals surface area contributed by atoms with E-state index in [0.717, 1.165) is 18.6 Å². The zero-order valence-electron chi connectivity index (χ0n) is 14.5. The Kier molecular flexibility index (Phi) is 9.11. The van der Waals surface area contributed by atoms with E-state index in [-0.39, 0.29) is 24.2 Å². The van der Waals surface area contributed by atoms with Gasteiger partial charge in [-0.25, -0.2) is 0 Å². The molecule has 0 aromatic heterocycles. The van der Waals surface area contributed by atoms with Crippen LogP contribution in [0.2, 0.25) is 0 Å². The van der Waals surface area contributed by atoms with Crippen molar-refractivity contribution in [3.8, 4) is 5.75 Å². The van der Waals surface area contributed by atoms with E-state index in [9.17, 15) is 4.79 Å². The Bertz CT molecular complexity index is 488. The molecule has 6 heteroatoms. The fourth-order valence-corrected chi connectivity index (χ4v) is 2.70. The van der Waals surface area contributed by atoms with E-state index >= 15 is 0 Å². The first-order valence-corrected chi connectivity index (χ1v) is 8.41. The summed E-state index contributed by atoms with van der Waals surface area (Å²) in [4.78, 5) is 12.0. The van der Waals surface area contributed by atoms with Crippen LogP contribution in [0.15, 0.2) is 24.3 Å². The minimum atomic E-state index is -0.454. The minimum Gasteiger partial charge on any atom is -0.492 e. The maximum absolute atomic E-state index is 12.0. The van der Waals surface area contributed by atoms with Crippen molar-refractivity contribution >= 4 is 18.3 Å². The standard InChI is InChI=1S/C18H28N2O3.ClH/c1-13(2)14-3-5-16(6-4-14)23-12-9-20-18(21)17(19)15-7-10-22-11-8-15;/h3-6,13,15,17H,7-12,19H2,1-2H3,(H,20,21);1H. The third kappa shape index (κ3) is 6.30. The molecule has 136 valence electrons. The predicted molar refractivity (Wildman–Crippen MR) is 97.8 cm³/mol. The van der Waals surface area contributed by atoms with Crippen LogP contribution in [-0.2, 0) is 9.53 Å². The summed E-state index contributed by atoms with van der Waals surface area (Å²) in [7, 11) is 0. The number of hydrogen-bond acceptors (Lipinski definition) is 4. The van der Waals surface area contributed by atoms with Gasteiger partial charge in [-0.1, -0.05) is 26.0 Å². The first-order valence-electron chi connectivity index (χ1n) is 8.41. The van der Waals surface area contributed by atoms with Gasteiger partial charge in [0.25, 0.3) is 0 Å². The molecular weight excluding hydrogens is 328 g/mol. The molecule has 1 saturated heterocycles. The first kappa shape index (κ1) is 20.7. The number of benzene rings is 1. The van der Waals surface area contributed by atoms with Gasteiger partial charge in [-0.15, -0.1) is 12.4 Å². The molecule has 3 N–H and O–H groups in total. The zero-order valence-corrected chi connectivity index (χ0v) is 15.3. The van der Waals surface area contributed by atoms with Gasteiger partial charge in [0.2, 0.25) is 5.91 Å². The van der Waals surface area contributed by atoms with Gasteiger partial charge in [0.1, 0.15) is 12.4 Å². The van der Waals surface area contributed by atoms with Crippen LogP contribution in [0.4, 0.5) is 0 Å². The Labute approximate surface area is 150 Å². The molecule has 0 radical (unpaired) electrons. The minimum absolute atomic E-state index is 0. The van der Waals surface area contributed by atoms with Crippen molar-refractivity contribution in [3.63, 3.8) is 0 Å². The summed E-state index contributed by atoms with van der Waals surface area (Å²) in [6.45, 7) is 6.61. The highest BCUT2D eigenvalue weighted by atomic mass is 35.5. The maximum Gasteiger partial charge on any atom is 0.237 e. The Balaban J connectivity index is 0.00000288. The summed E-state index contributed by atoms with van der Waals surface area (Å²) in [6, 6.07) is 7.61. The van der Waals surface area contributed by atoms with Crippen molar-refractivity contribution in [2.24, 2.45) is 11.7 Å². The van der Waals surface area contributed by atoms with Crippen molar-refractivity contribution in [2.75, 3.05) is 26.4 Å². The van der Waals surface area contributed by atoms with Gasteiger partial charge in [-0.05, 0) is 42.4 Å². The van der Waals surface area contributed by atoms with E-state index in [0.29, 0.717) is 32.3 Å². The highest BCUT2D eigenvalue weighted by Gasteiger charge is 2.26. The molecule has 1 unspecified atom stereocenters. The molecule has 1 aromatic rings. The summed E-state index contributed by atoms with van der Waals surface area (Å²) in [5.74, 6) is 1.44. The molecule has 1 fully saturated rings. The van der Waals surface area contributed by atoms with Crippen LogP contribution in [0, 0.1) is 5.92 Å². The van der Waals surface area contributed by atoms with E-state index in [1.54, 1.807) is 0 Å². The van der Waals surface area contributed by atoms with E-state index < -0.39 is 6.04 Å². The van der Waals surface area contributed by atoms with Gasteiger partial charge in [-0.2, -0.15) is 0 Å². The molecule has 0 bridgehead atoms. The van der Waals surface area contributed by atoms with E-state index in [4.69, 9.17) is 15.2 Å². The molecule has 1 aliphatic rings. The number of carbonyl (C=O) groups excluding carboxylic acids is 1. The summed E-state index contributed by atoms with van der Waals surface area (Å²) >= 11 is 0. The van der Waals surface area contributed by atoms with Crippen molar-refractivity contribution in [1.82, 2.24) is 5.32 Å². The molecule has 2 rings (SSSR count). The summed E-state index contributed by atoms with van der Waals surface area (Å²) in [5.41, 5.74) is 7.31. The van der Waals surface area contributed by atoms with Gasteiger partial charge in [0.15, 0.2) is 0 Å². The first-order chi connectivity index (χ1) is 11.1. The number of nitrogens with one attached hydrogen (secondary N) is 1. The van der Waals surface area contributed by atoms with Crippen molar-refractivity contribution in [2.45, 2.75) is 38.6 Å². The van der Waals surface area contributed by atoms with Crippen LogP contribution < -0.4 is 15.8 Å². The second-order valence-corrected chi connectivity index (χ2v) is 6.34. The third-order valence-electron chi connectivity index (χ3n) is 4.29. The molecule has 0 spiro atoms. The number of nitrogens with two attached hydrogens (primary N) is 1. The largest absolute Gasteiger partial charge is 0.492 e. The molecular formula is C18H29ClN2O3. The average molecular weight is 357 g/mol. The number of halogens is 1. The van der Waals surface area contributed by atoms with Gasteiger partial charge < -0.3 is 20.5 Å². The maximum atomic E-state index is 12.0. The Morgan fingerprint density at radius 2 is 1.92 bits per heavy atom. The van der Waals surface area contributed by atoms with Crippen LogP contribution in [0.25, 0.3) is 0 Å². The number of amides is 1. The van der Waals surface area contributed by atoms with Crippen LogP contribution in [0.5, 0.6) is 5.75 Å². The third-order valence-corrected chi connectivity index (χ3v) is 4.29. The monoisotopic (exact) mass is 356 g/mol.